The average molecular weight is 281 g/mol. The van der Waals surface area contributed by atoms with Crippen molar-refractivity contribution in [2.45, 2.75) is 57.5 Å². The van der Waals surface area contributed by atoms with Gasteiger partial charge in [-0.25, -0.2) is 4.79 Å². The molecule has 0 spiro atoms. The van der Waals surface area contributed by atoms with Crippen molar-refractivity contribution in [3.8, 4) is 0 Å². The lowest BCUT2D eigenvalue weighted by Gasteiger charge is -2.23. The number of esters is 1. The van der Waals surface area contributed by atoms with Crippen LogP contribution >= 0.6 is 11.3 Å². The summed E-state index contributed by atoms with van der Waals surface area (Å²) in [5.41, 5.74) is 1.03. The first-order valence-corrected chi connectivity index (χ1v) is 8.20. The van der Waals surface area contributed by atoms with E-state index in [1.54, 1.807) is 11.3 Å². The van der Waals surface area contributed by atoms with Crippen molar-refractivity contribution in [1.82, 2.24) is 5.32 Å². The van der Waals surface area contributed by atoms with Crippen LogP contribution in [0.4, 0.5) is 0 Å². The Balaban J connectivity index is 2.02. The van der Waals surface area contributed by atoms with E-state index in [9.17, 15) is 4.79 Å². The van der Waals surface area contributed by atoms with Gasteiger partial charge in [0.15, 0.2) is 0 Å². The van der Waals surface area contributed by atoms with Gasteiger partial charge in [0.25, 0.3) is 0 Å². The van der Waals surface area contributed by atoms with Crippen LogP contribution in [0, 0.1) is 0 Å². The van der Waals surface area contributed by atoms with Crippen LogP contribution in [0.25, 0.3) is 0 Å². The van der Waals surface area contributed by atoms with Crippen LogP contribution in [0.5, 0.6) is 0 Å². The lowest BCUT2D eigenvalue weighted by atomic mass is 10.1. The van der Waals surface area contributed by atoms with E-state index < -0.39 is 0 Å². The predicted molar refractivity (Wildman–Crippen MR) is 78.3 cm³/mol. The number of thiophene rings is 1. The SMILES string of the molecule is CCOC(=O)C(NC1CCCCCC1)c1ccsc1. The third-order valence-corrected chi connectivity index (χ3v) is 4.36. The molecule has 19 heavy (non-hydrogen) atoms. The molecule has 106 valence electrons. The van der Waals surface area contributed by atoms with Gasteiger partial charge in [0.1, 0.15) is 6.04 Å². The Labute approximate surface area is 119 Å². The third kappa shape index (κ3) is 4.32. The van der Waals surface area contributed by atoms with Gasteiger partial charge in [-0.05, 0) is 42.2 Å². The molecule has 4 heteroatoms. The summed E-state index contributed by atoms with van der Waals surface area (Å²) < 4.78 is 5.20. The molecule has 0 radical (unpaired) electrons. The molecule has 1 aliphatic carbocycles. The molecule has 1 aromatic rings. The topological polar surface area (TPSA) is 38.3 Å². The average Bonchev–Trinajstić information content (AvgIpc) is 2.80. The highest BCUT2D eigenvalue weighted by atomic mass is 32.1. The summed E-state index contributed by atoms with van der Waals surface area (Å²) in [6.07, 6.45) is 7.50. The summed E-state index contributed by atoms with van der Waals surface area (Å²) in [7, 11) is 0. The lowest BCUT2D eigenvalue weighted by molar-refractivity contribution is -0.146. The van der Waals surface area contributed by atoms with Crippen molar-refractivity contribution in [3.63, 3.8) is 0 Å². The highest BCUT2D eigenvalue weighted by Crippen LogP contribution is 2.23. The van der Waals surface area contributed by atoms with E-state index in [2.05, 4.69) is 5.32 Å². The monoisotopic (exact) mass is 281 g/mol. The highest BCUT2D eigenvalue weighted by molar-refractivity contribution is 7.08. The molecular weight excluding hydrogens is 258 g/mol. The van der Waals surface area contributed by atoms with Crippen LogP contribution in [0.15, 0.2) is 16.8 Å². The van der Waals surface area contributed by atoms with Crippen LogP contribution in [0.1, 0.15) is 57.1 Å². The molecule has 1 fully saturated rings. The number of hydrogen-bond donors (Lipinski definition) is 1. The smallest absolute Gasteiger partial charge is 0.327 e. The van der Waals surface area contributed by atoms with Crippen molar-refractivity contribution in [2.75, 3.05) is 6.61 Å². The lowest BCUT2D eigenvalue weighted by Crippen LogP contribution is -2.37. The summed E-state index contributed by atoms with van der Waals surface area (Å²) in [6.45, 7) is 2.29. The Morgan fingerprint density at radius 2 is 2.16 bits per heavy atom. The maximum atomic E-state index is 12.1. The Hall–Kier alpha value is -0.870. The molecule has 1 unspecified atom stereocenters. The second-order valence-electron chi connectivity index (χ2n) is 5.10. The largest absolute Gasteiger partial charge is 0.465 e. The molecule has 0 bridgehead atoms. The molecule has 0 amide bonds. The summed E-state index contributed by atoms with van der Waals surface area (Å²) in [5, 5.41) is 7.56. The third-order valence-electron chi connectivity index (χ3n) is 3.66. The molecule has 1 atom stereocenters. The van der Waals surface area contributed by atoms with Crippen LogP contribution in [-0.4, -0.2) is 18.6 Å². The molecular formula is C15H23NO2S. The van der Waals surface area contributed by atoms with Gasteiger partial charge in [-0.3, -0.25) is 5.32 Å². The van der Waals surface area contributed by atoms with Gasteiger partial charge in [-0.1, -0.05) is 25.7 Å². The summed E-state index contributed by atoms with van der Waals surface area (Å²) in [6, 6.07) is 2.15. The van der Waals surface area contributed by atoms with Crippen molar-refractivity contribution < 1.29 is 9.53 Å². The number of hydrogen-bond acceptors (Lipinski definition) is 4. The van der Waals surface area contributed by atoms with Gasteiger partial charge in [-0.2, -0.15) is 11.3 Å². The molecule has 0 aliphatic heterocycles. The van der Waals surface area contributed by atoms with E-state index in [0.717, 1.165) is 5.56 Å². The number of carbonyl (C=O) groups excluding carboxylic acids is 1. The molecule has 3 nitrogen and oxygen atoms in total. The van der Waals surface area contributed by atoms with Crippen molar-refractivity contribution in [2.24, 2.45) is 0 Å². The van der Waals surface area contributed by atoms with Gasteiger partial charge in [0.05, 0.1) is 6.61 Å². The first-order chi connectivity index (χ1) is 9.31. The van der Waals surface area contributed by atoms with Crippen LogP contribution in [0.2, 0.25) is 0 Å². The number of ether oxygens (including phenoxy) is 1. The van der Waals surface area contributed by atoms with Crippen molar-refractivity contribution >= 4 is 17.3 Å². The number of rotatable bonds is 5. The summed E-state index contributed by atoms with van der Waals surface area (Å²) in [5.74, 6) is -0.148. The summed E-state index contributed by atoms with van der Waals surface area (Å²) >= 11 is 1.62. The highest BCUT2D eigenvalue weighted by Gasteiger charge is 2.25. The standard InChI is InChI=1S/C15H23NO2S/c1-2-18-15(17)14(12-9-10-19-11-12)16-13-7-5-3-4-6-8-13/h9-11,13-14,16H,2-8H2,1H3. The van der Waals surface area contributed by atoms with E-state index in [1.165, 1.54) is 38.5 Å². The molecule has 1 aromatic heterocycles. The second kappa shape index (κ2) is 7.65. The Morgan fingerprint density at radius 1 is 1.42 bits per heavy atom. The molecule has 1 saturated carbocycles. The Kier molecular flexibility index (Phi) is 5.86. The zero-order valence-corrected chi connectivity index (χ0v) is 12.4. The molecule has 0 saturated heterocycles. The van der Waals surface area contributed by atoms with Gasteiger partial charge >= 0.3 is 5.97 Å². The van der Waals surface area contributed by atoms with Crippen LogP contribution in [-0.2, 0) is 9.53 Å². The molecule has 1 aliphatic rings. The molecule has 0 aromatic carbocycles. The van der Waals surface area contributed by atoms with E-state index in [-0.39, 0.29) is 12.0 Å². The Bertz CT molecular complexity index is 370. The van der Waals surface area contributed by atoms with E-state index in [1.807, 2.05) is 23.8 Å². The maximum absolute atomic E-state index is 12.1. The first-order valence-electron chi connectivity index (χ1n) is 7.26. The zero-order valence-electron chi connectivity index (χ0n) is 11.6. The minimum atomic E-state index is -0.297. The van der Waals surface area contributed by atoms with Crippen LogP contribution in [0.3, 0.4) is 0 Å². The van der Waals surface area contributed by atoms with Crippen molar-refractivity contribution in [1.29, 1.82) is 0 Å². The summed E-state index contributed by atoms with van der Waals surface area (Å²) in [4.78, 5) is 12.1. The van der Waals surface area contributed by atoms with Gasteiger partial charge in [-0.15, -0.1) is 0 Å². The fraction of sp³-hybridized carbons (Fsp3) is 0.667. The quantitative estimate of drug-likeness (QED) is 0.661. The van der Waals surface area contributed by atoms with E-state index in [0.29, 0.717) is 12.6 Å². The second-order valence-corrected chi connectivity index (χ2v) is 5.88. The first kappa shape index (κ1) is 14.5. The van der Waals surface area contributed by atoms with Gasteiger partial charge in [0, 0.05) is 6.04 Å². The zero-order chi connectivity index (χ0) is 13.5. The molecule has 1 N–H and O–H groups in total. The normalized spacial score (nSPS) is 18.8. The van der Waals surface area contributed by atoms with Gasteiger partial charge < -0.3 is 4.74 Å². The minimum Gasteiger partial charge on any atom is -0.465 e. The van der Waals surface area contributed by atoms with Crippen LogP contribution < -0.4 is 5.32 Å². The molecule has 1 heterocycles. The minimum absolute atomic E-state index is 0.148. The number of nitrogens with one attached hydrogen (secondary N) is 1. The maximum Gasteiger partial charge on any atom is 0.327 e. The number of carbonyl (C=O) groups is 1. The molecule has 2 rings (SSSR count). The van der Waals surface area contributed by atoms with Gasteiger partial charge in [0.2, 0.25) is 0 Å². The van der Waals surface area contributed by atoms with Crippen molar-refractivity contribution in [3.05, 3.63) is 22.4 Å². The predicted octanol–water partition coefficient (Wildman–Crippen LogP) is 3.66. The van der Waals surface area contributed by atoms with E-state index in [4.69, 9.17) is 4.74 Å². The van der Waals surface area contributed by atoms with E-state index >= 15 is 0 Å². The fourth-order valence-corrected chi connectivity index (χ4v) is 3.33. The Morgan fingerprint density at radius 3 is 2.74 bits per heavy atom. The fourth-order valence-electron chi connectivity index (χ4n) is 2.65.